The number of rotatable bonds is 3. The molecular weight excluding hydrogens is 341 g/mol. The Morgan fingerprint density at radius 3 is 2.50 bits per heavy atom. The third-order valence-electron chi connectivity index (χ3n) is 3.47. The molecule has 1 aliphatic rings. The first-order valence-electron chi connectivity index (χ1n) is 6.58. The van der Waals surface area contributed by atoms with Crippen molar-refractivity contribution in [1.29, 1.82) is 0 Å². The van der Waals surface area contributed by atoms with E-state index in [0.717, 1.165) is 12.5 Å². The Morgan fingerprint density at radius 1 is 1.27 bits per heavy atom. The lowest BCUT2D eigenvalue weighted by molar-refractivity contribution is -0.138. The van der Waals surface area contributed by atoms with Gasteiger partial charge in [0.2, 0.25) is 10.0 Å². The summed E-state index contributed by atoms with van der Waals surface area (Å²) in [5.74, 6) is -0.657. The van der Waals surface area contributed by atoms with E-state index in [9.17, 15) is 21.6 Å². The minimum atomic E-state index is -4.57. The molecule has 1 aliphatic heterocycles. The zero-order valence-electron chi connectivity index (χ0n) is 11.7. The molecule has 0 bridgehead atoms. The van der Waals surface area contributed by atoms with Crippen LogP contribution < -0.4 is 5.73 Å². The summed E-state index contributed by atoms with van der Waals surface area (Å²) in [6.07, 6.45) is -3.21. The van der Waals surface area contributed by atoms with Gasteiger partial charge < -0.3 is 5.73 Å². The van der Waals surface area contributed by atoms with E-state index in [1.807, 2.05) is 0 Å². The molecule has 22 heavy (non-hydrogen) atoms. The van der Waals surface area contributed by atoms with Crippen LogP contribution in [0, 0.1) is 0 Å². The second-order valence-corrected chi connectivity index (χ2v) is 7.14. The van der Waals surface area contributed by atoms with Crippen LogP contribution in [0.15, 0.2) is 24.3 Å². The summed E-state index contributed by atoms with van der Waals surface area (Å²) >= 11 is 0. The highest BCUT2D eigenvalue weighted by molar-refractivity contribution is 7.88. The maximum absolute atomic E-state index is 12.9. The van der Waals surface area contributed by atoms with E-state index in [4.69, 9.17) is 5.73 Å². The van der Waals surface area contributed by atoms with Gasteiger partial charge in [-0.25, -0.2) is 12.7 Å². The smallest absolute Gasteiger partial charge is 0.327 e. The van der Waals surface area contributed by atoms with E-state index in [1.165, 1.54) is 22.5 Å². The molecule has 0 saturated carbocycles. The van der Waals surface area contributed by atoms with E-state index in [-0.39, 0.29) is 30.6 Å². The van der Waals surface area contributed by atoms with Crippen LogP contribution in [0.2, 0.25) is 0 Å². The quantitative estimate of drug-likeness (QED) is 0.902. The summed E-state index contributed by atoms with van der Waals surface area (Å²) in [4.78, 5) is 0. The molecule has 1 aromatic carbocycles. The van der Waals surface area contributed by atoms with Crippen LogP contribution in [0.25, 0.3) is 0 Å². The van der Waals surface area contributed by atoms with Crippen molar-refractivity contribution in [1.82, 2.24) is 4.31 Å². The molecule has 2 rings (SSSR count). The van der Waals surface area contributed by atoms with Crippen LogP contribution in [0.4, 0.5) is 13.2 Å². The largest absolute Gasteiger partial charge is 0.416 e. The maximum atomic E-state index is 12.9. The predicted octanol–water partition coefficient (Wildman–Crippen LogP) is 2.38. The molecule has 1 unspecified atom stereocenters. The number of nitrogens with two attached hydrogens (primary N) is 1. The first-order valence-corrected chi connectivity index (χ1v) is 8.19. The van der Waals surface area contributed by atoms with Gasteiger partial charge in [-0.1, -0.05) is 18.2 Å². The van der Waals surface area contributed by atoms with Crippen LogP contribution in [-0.4, -0.2) is 31.9 Å². The molecule has 1 saturated heterocycles. The number of piperidine rings is 1. The predicted molar refractivity (Wildman–Crippen MR) is 80.1 cm³/mol. The average Bonchev–Trinajstić information content (AvgIpc) is 2.37. The zero-order valence-corrected chi connectivity index (χ0v) is 13.3. The summed E-state index contributed by atoms with van der Waals surface area (Å²) in [5, 5.41) is 0. The van der Waals surface area contributed by atoms with E-state index in [2.05, 4.69) is 0 Å². The van der Waals surface area contributed by atoms with Crippen LogP contribution in [0.1, 0.15) is 24.0 Å². The van der Waals surface area contributed by atoms with Gasteiger partial charge >= 0.3 is 6.18 Å². The number of alkyl halides is 3. The van der Waals surface area contributed by atoms with Crippen molar-refractivity contribution in [2.45, 2.75) is 30.8 Å². The first-order chi connectivity index (χ1) is 9.70. The summed E-state index contributed by atoms with van der Waals surface area (Å²) in [7, 11) is -3.80. The third-order valence-corrected chi connectivity index (χ3v) is 5.27. The van der Waals surface area contributed by atoms with E-state index >= 15 is 0 Å². The van der Waals surface area contributed by atoms with Gasteiger partial charge in [-0.3, -0.25) is 0 Å². The Morgan fingerprint density at radius 2 is 1.91 bits per heavy atom. The van der Waals surface area contributed by atoms with Gasteiger partial charge in [-0.2, -0.15) is 13.2 Å². The standard InChI is InChI=1S/C13H17F3N2O2S.ClH/c14-13(15,16)12-6-2-1-4-10(12)9-21(19,20)18-7-3-5-11(17)8-18;/h1-2,4,6,11H,3,5,7-9,17H2;1H. The number of sulfonamides is 1. The Kier molecular flexibility index (Phi) is 6.26. The molecule has 126 valence electrons. The fourth-order valence-corrected chi connectivity index (χ4v) is 4.09. The molecule has 0 radical (unpaired) electrons. The van der Waals surface area contributed by atoms with Gasteiger partial charge in [0.25, 0.3) is 0 Å². The van der Waals surface area contributed by atoms with Crippen molar-refractivity contribution >= 4 is 22.4 Å². The molecule has 1 aromatic rings. The highest BCUT2D eigenvalue weighted by Gasteiger charge is 2.35. The minimum absolute atomic E-state index is 0. The number of hydrogen-bond acceptors (Lipinski definition) is 3. The highest BCUT2D eigenvalue weighted by atomic mass is 35.5. The minimum Gasteiger partial charge on any atom is -0.327 e. The zero-order chi connectivity index (χ0) is 15.7. The molecule has 4 nitrogen and oxygen atoms in total. The Labute approximate surface area is 133 Å². The average molecular weight is 359 g/mol. The molecule has 2 N–H and O–H groups in total. The lowest BCUT2D eigenvalue weighted by Crippen LogP contribution is -2.46. The Bertz CT molecular complexity index is 608. The van der Waals surface area contributed by atoms with Crippen molar-refractivity contribution in [2.24, 2.45) is 5.73 Å². The molecular formula is C13H18ClF3N2O2S. The van der Waals surface area contributed by atoms with E-state index in [1.54, 1.807) is 0 Å². The van der Waals surface area contributed by atoms with Crippen LogP contribution >= 0.6 is 12.4 Å². The highest BCUT2D eigenvalue weighted by Crippen LogP contribution is 2.33. The normalized spacial score (nSPS) is 20.5. The molecule has 1 heterocycles. The number of hydrogen-bond donors (Lipinski definition) is 1. The van der Waals surface area contributed by atoms with Crippen molar-refractivity contribution < 1.29 is 21.6 Å². The summed E-state index contributed by atoms with van der Waals surface area (Å²) in [6.45, 7) is 0.473. The summed E-state index contributed by atoms with van der Waals surface area (Å²) in [6, 6.07) is 4.49. The molecule has 0 aliphatic carbocycles. The van der Waals surface area contributed by atoms with Crippen molar-refractivity contribution in [3.05, 3.63) is 35.4 Å². The fraction of sp³-hybridized carbons (Fsp3) is 0.538. The van der Waals surface area contributed by atoms with Crippen molar-refractivity contribution in [3.8, 4) is 0 Å². The fourth-order valence-electron chi connectivity index (χ4n) is 2.44. The van der Waals surface area contributed by atoms with E-state index in [0.29, 0.717) is 13.0 Å². The second kappa shape index (κ2) is 7.16. The summed E-state index contributed by atoms with van der Waals surface area (Å²) < 4.78 is 64.5. The van der Waals surface area contributed by atoms with Gasteiger partial charge in [0.15, 0.2) is 0 Å². The van der Waals surface area contributed by atoms with Crippen LogP contribution in [0.3, 0.4) is 0 Å². The number of nitrogens with zero attached hydrogens (tertiary/aromatic N) is 1. The van der Waals surface area contributed by atoms with Crippen LogP contribution in [-0.2, 0) is 22.0 Å². The van der Waals surface area contributed by atoms with Gasteiger partial charge in [-0.05, 0) is 24.5 Å². The third kappa shape index (κ3) is 4.58. The van der Waals surface area contributed by atoms with Gasteiger partial charge in [0.05, 0.1) is 11.3 Å². The van der Waals surface area contributed by atoms with Gasteiger partial charge in [0.1, 0.15) is 0 Å². The molecule has 1 atom stereocenters. The topological polar surface area (TPSA) is 63.4 Å². The number of halogens is 4. The van der Waals surface area contributed by atoms with Crippen LogP contribution in [0.5, 0.6) is 0 Å². The second-order valence-electron chi connectivity index (χ2n) is 5.17. The van der Waals surface area contributed by atoms with E-state index < -0.39 is 27.5 Å². The molecule has 0 spiro atoms. The maximum Gasteiger partial charge on any atom is 0.416 e. The first kappa shape index (κ1) is 19.2. The molecule has 0 aromatic heterocycles. The molecule has 1 fully saturated rings. The lowest BCUT2D eigenvalue weighted by Gasteiger charge is -2.30. The summed E-state index contributed by atoms with van der Waals surface area (Å²) in [5.41, 5.74) is 4.59. The molecule has 0 amide bonds. The lowest BCUT2D eigenvalue weighted by atomic mass is 10.1. The monoisotopic (exact) mass is 358 g/mol. The Balaban J connectivity index is 0.00000242. The molecule has 9 heteroatoms. The SMILES string of the molecule is Cl.NC1CCCN(S(=O)(=O)Cc2ccccc2C(F)(F)F)C1. The van der Waals surface area contributed by atoms with Crippen molar-refractivity contribution in [3.63, 3.8) is 0 Å². The van der Waals surface area contributed by atoms with Crippen molar-refractivity contribution in [2.75, 3.05) is 13.1 Å². The number of benzene rings is 1. The van der Waals surface area contributed by atoms with Gasteiger partial charge in [0, 0.05) is 19.1 Å². The Hall–Kier alpha value is -0.830. The van der Waals surface area contributed by atoms with Gasteiger partial charge in [-0.15, -0.1) is 12.4 Å².